The van der Waals surface area contributed by atoms with E-state index in [1.165, 1.54) is 24.3 Å². The lowest BCUT2D eigenvalue weighted by Crippen LogP contribution is -2.72. The summed E-state index contributed by atoms with van der Waals surface area (Å²) >= 11 is 0. The van der Waals surface area contributed by atoms with Crippen molar-refractivity contribution in [3.63, 3.8) is 0 Å². The standard InChI is InChI=1S/C21H31NO13/c23-6-11-13(26)15(28)17(30)19(34-11)22(20-18(31)16(29)14(27)12(7-24)35-20)10(21(32)33)5-8-1-3-9(25)4-2-8/h1-4,10-20,23-31H,5-7H2,(H,32,33)/t10-,11-,12-,13-,14-,15+,16+,17+,18+,19?,20?/m1/s1. The molecule has 2 aliphatic heterocycles. The maximum Gasteiger partial charge on any atom is 0.321 e. The zero-order valence-electron chi connectivity index (χ0n) is 18.4. The molecule has 35 heavy (non-hydrogen) atoms. The number of ether oxygens (including phenoxy) is 2. The number of rotatable bonds is 8. The van der Waals surface area contributed by atoms with E-state index >= 15 is 0 Å². The maximum atomic E-state index is 12.4. The number of carboxylic acid groups (broad SMARTS) is 1. The number of aliphatic carboxylic acids is 1. The number of hydrogen-bond donors (Lipinski definition) is 10. The van der Waals surface area contributed by atoms with Gasteiger partial charge < -0.3 is 60.5 Å². The van der Waals surface area contributed by atoms with Crippen LogP contribution in [-0.2, 0) is 20.7 Å². The van der Waals surface area contributed by atoms with Crippen molar-refractivity contribution in [3.05, 3.63) is 29.8 Å². The molecule has 14 heteroatoms. The van der Waals surface area contributed by atoms with Crippen LogP contribution in [0.15, 0.2) is 24.3 Å². The number of benzene rings is 1. The van der Waals surface area contributed by atoms with E-state index in [9.17, 15) is 55.9 Å². The molecule has 2 aliphatic rings. The lowest BCUT2D eigenvalue weighted by molar-refractivity contribution is -0.329. The molecule has 0 radical (unpaired) electrons. The highest BCUT2D eigenvalue weighted by Crippen LogP contribution is 2.33. The summed E-state index contributed by atoms with van der Waals surface area (Å²) in [4.78, 5) is 13.2. The minimum Gasteiger partial charge on any atom is -0.508 e. The third-order valence-corrected chi connectivity index (χ3v) is 6.33. The summed E-state index contributed by atoms with van der Waals surface area (Å²) in [6.45, 7) is -1.64. The molecular formula is C21H31NO13. The molecule has 10 N–H and O–H groups in total. The molecule has 0 saturated carbocycles. The summed E-state index contributed by atoms with van der Waals surface area (Å²) in [6, 6.07) is 3.77. The second-order valence-corrected chi connectivity index (χ2v) is 8.61. The number of carbonyl (C=O) groups is 1. The molecule has 0 spiro atoms. The van der Waals surface area contributed by atoms with E-state index < -0.39 is 86.5 Å². The molecule has 0 aliphatic carbocycles. The highest BCUT2D eigenvalue weighted by molar-refractivity contribution is 5.74. The van der Waals surface area contributed by atoms with Crippen molar-refractivity contribution in [1.82, 2.24) is 4.90 Å². The van der Waals surface area contributed by atoms with E-state index in [0.29, 0.717) is 5.56 Å². The third kappa shape index (κ3) is 5.58. The van der Waals surface area contributed by atoms with Gasteiger partial charge in [0.15, 0.2) is 0 Å². The number of carboxylic acids is 1. The Balaban J connectivity index is 2.07. The Morgan fingerprint density at radius 3 is 1.57 bits per heavy atom. The van der Waals surface area contributed by atoms with Crippen LogP contribution < -0.4 is 0 Å². The smallest absolute Gasteiger partial charge is 0.321 e. The van der Waals surface area contributed by atoms with Crippen LogP contribution in [0.4, 0.5) is 0 Å². The van der Waals surface area contributed by atoms with E-state index in [1.54, 1.807) is 0 Å². The predicted octanol–water partition coefficient (Wildman–Crippen LogP) is -4.71. The van der Waals surface area contributed by atoms with E-state index in [4.69, 9.17) is 9.47 Å². The fourth-order valence-electron chi connectivity index (χ4n) is 4.33. The van der Waals surface area contributed by atoms with Crippen LogP contribution in [0.25, 0.3) is 0 Å². The van der Waals surface area contributed by atoms with Crippen molar-refractivity contribution < 1.29 is 65.3 Å². The van der Waals surface area contributed by atoms with Gasteiger partial charge in [0, 0.05) is 0 Å². The molecule has 0 aromatic heterocycles. The van der Waals surface area contributed by atoms with E-state index in [2.05, 4.69) is 0 Å². The number of aliphatic hydroxyl groups is 8. The maximum absolute atomic E-state index is 12.4. The Labute approximate surface area is 199 Å². The fourth-order valence-corrected chi connectivity index (χ4v) is 4.33. The van der Waals surface area contributed by atoms with Crippen LogP contribution in [0.1, 0.15) is 5.56 Å². The molecule has 2 fully saturated rings. The average molecular weight is 505 g/mol. The number of aliphatic hydroxyl groups excluding tert-OH is 8. The Hall–Kier alpha value is -1.95. The van der Waals surface area contributed by atoms with Crippen LogP contribution in [0.2, 0.25) is 0 Å². The zero-order chi connectivity index (χ0) is 26.0. The van der Waals surface area contributed by atoms with Crippen molar-refractivity contribution in [2.45, 2.75) is 73.8 Å². The van der Waals surface area contributed by atoms with Gasteiger partial charge in [0.25, 0.3) is 0 Å². The third-order valence-electron chi connectivity index (χ3n) is 6.33. The van der Waals surface area contributed by atoms with Gasteiger partial charge in [-0.3, -0.25) is 4.79 Å². The first kappa shape index (κ1) is 27.6. The molecule has 11 atom stereocenters. The Bertz CT molecular complexity index is 801. The Morgan fingerprint density at radius 2 is 1.20 bits per heavy atom. The summed E-state index contributed by atoms with van der Waals surface area (Å²) < 4.78 is 11.1. The fraction of sp³-hybridized carbons (Fsp3) is 0.667. The Kier molecular flexibility index (Phi) is 9.01. The first-order chi connectivity index (χ1) is 16.5. The summed E-state index contributed by atoms with van der Waals surface area (Å²) in [5, 5.41) is 101. The molecule has 0 bridgehead atoms. The predicted molar refractivity (Wildman–Crippen MR) is 113 cm³/mol. The second kappa shape index (κ2) is 11.4. The van der Waals surface area contributed by atoms with E-state index in [0.717, 1.165) is 4.90 Å². The van der Waals surface area contributed by atoms with Gasteiger partial charge in [-0.2, -0.15) is 0 Å². The second-order valence-electron chi connectivity index (χ2n) is 8.61. The van der Waals surface area contributed by atoms with Crippen molar-refractivity contribution in [2.75, 3.05) is 13.2 Å². The molecule has 1 aromatic carbocycles. The van der Waals surface area contributed by atoms with Gasteiger partial charge in [0.2, 0.25) is 0 Å². The van der Waals surface area contributed by atoms with Gasteiger partial charge >= 0.3 is 5.97 Å². The molecule has 2 heterocycles. The number of phenols is 1. The van der Waals surface area contributed by atoms with Crippen LogP contribution >= 0.6 is 0 Å². The first-order valence-corrected chi connectivity index (χ1v) is 10.9. The van der Waals surface area contributed by atoms with E-state index in [-0.39, 0.29) is 12.2 Å². The van der Waals surface area contributed by atoms with Gasteiger partial charge in [-0.25, -0.2) is 4.90 Å². The molecular weight excluding hydrogens is 474 g/mol. The topological polar surface area (TPSA) is 241 Å². The minimum absolute atomic E-state index is 0.0830. The number of aromatic hydroxyl groups is 1. The van der Waals surface area contributed by atoms with Crippen LogP contribution in [0, 0.1) is 0 Å². The van der Waals surface area contributed by atoms with Gasteiger partial charge in [-0.15, -0.1) is 0 Å². The van der Waals surface area contributed by atoms with Gasteiger partial charge in [0.1, 0.15) is 73.1 Å². The number of phenolic OH excluding ortho intramolecular Hbond substituents is 1. The molecule has 0 amide bonds. The highest BCUT2D eigenvalue weighted by Gasteiger charge is 2.55. The van der Waals surface area contributed by atoms with E-state index in [1.807, 2.05) is 0 Å². The van der Waals surface area contributed by atoms with Crippen molar-refractivity contribution in [1.29, 1.82) is 0 Å². The van der Waals surface area contributed by atoms with Crippen LogP contribution in [0.5, 0.6) is 5.75 Å². The highest BCUT2D eigenvalue weighted by atomic mass is 16.6. The summed E-state index contributed by atoms with van der Waals surface area (Å²) in [7, 11) is 0. The monoisotopic (exact) mass is 505 g/mol. The van der Waals surface area contributed by atoms with Gasteiger partial charge in [0.05, 0.1) is 13.2 Å². The summed E-state index contributed by atoms with van der Waals surface area (Å²) in [5.74, 6) is -1.59. The quantitative estimate of drug-likeness (QED) is 0.160. The largest absolute Gasteiger partial charge is 0.508 e. The molecule has 2 unspecified atom stereocenters. The summed E-state index contributed by atoms with van der Waals surface area (Å²) in [5.41, 5.74) is 0.384. The number of hydrogen-bond acceptors (Lipinski definition) is 13. The molecule has 1 aromatic rings. The minimum atomic E-state index is -1.97. The molecule has 198 valence electrons. The van der Waals surface area contributed by atoms with Crippen LogP contribution in [-0.4, -0.2) is 142 Å². The van der Waals surface area contributed by atoms with Gasteiger partial charge in [-0.1, -0.05) is 12.1 Å². The van der Waals surface area contributed by atoms with Crippen molar-refractivity contribution in [3.8, 4) is 5.75 Å². The average Bonchev–Trinajstić information content (AvgIpc) is 2.84. The molecule has 14 nitrogen and oxygen atoms in total. The first-order valence-electron chi connectivity index (χ1n) is 10.9. The Morgan fingerprint density at radius 1 is 0.771 bits per heavy atom. The SMILES string of the molecule is O=C(O)[C@@H](Cc1ccc(O)cc1)N(C1O[C@H](CO)[C@@H](O)[C@H](O)[C@@H]1O)C1O[C@H](CO)[C@@H](O)[C@H](O)[C@@H]1O. The van der Waals surface area contributed by atoms with Crippen molar-refractivity contribution >= 4 is 5.97 Å². The molecule has 2 saturated heterocycles. The normalized spacial score (nSPS) is 38.9. The molecule has 3 rings (SSSR count). The zero-order valence-corrected chi connectivity index (χ0v) is 18.4. The lowest BCUT2D eigenvalue weighted by atomic mass is 9.92. The van der Waals surface area contributed by atoms with Crippen LogP contribution in [0.3, 0.4) is 0 Å². The summed E-state index contributed by atoms with van der Waals surface area (Å²) in [6.07, 6.45) is -18.1. The van der Waals surface area contributed by atoms with Gasteiger partial charge in [-0.05, 0) is 24.1 Å². The lowest BCUT2D eigenvalue weighted by Gasteiger charge is -2.52. The number of nitrogens with zero attached hydrogens (tertiary/aromatic N) is 1. The van der Waals surface area contributed by atoms with Crippen molar-refractivity contribution in [2.24, 2.45) is 0 Å².